The third-order valence-corrected chi connectivity index (χ3v) is 5.76. The second-order valence-corrected chi connectivity index (χ2v) is 9.81. The minimum atomic E-state index is -0.476. The van der Waals surface area contributed by atoms with Crippen LogP contribution in [0.1, 0.15) is 27.2 Å². The highest BCUT2D eigenvalue weighted by molar-refractivity contribution is 6.28. The van der Waals surface area contributed by atoms with Gasteiger partial charge in [-0.1, -0.05) is 0 Å². The van der Waals surface area contributed by atoms with Crippen molar-refractivity contribution in [2.75, 3.05) is 45.2 Å². The largest absolute Gasteiger partial charge is 0.478 e. The van der Waals surface area contributed by atoms with E-state index in [1.807, 2.05) is 38.7 Å². The van der Waals surface area contributed by atoms with Crippen LogP contribution in [-0.2, 0) is 18.3 Å². The standard InChI is InChI=1S/C22H32ClN9O3/c1-22(2,3)35-21(33)31-11-9-30(10-12-31)7-6-8-32-13-15(19(28-32)34-5)25-17-16-18(27-20(23)26-17)29(4)14-24-16/h13-14H,6-12H2,1-5H3,(H,25,26,27). The van der Waals surface area contributed by atoms with Gasteiger partial charge in [0.25, 0.3) is 5.88 Å². The Labute approximate surface area is 209 Å². The van der Waals surface area contributed by atoms with E-state index >= 15 is 0 Å². The molecule has 12 nitrogen and oxygen atoms in total. The second kappa shape index (κ2) is 10.2. The molecule has 1 fully saturated rings. The lowest BCUT2D eigenvalue weighted by atomic mass is 10.2. The molecule has 3 aromatic rings. The fourth-order valence-corrected chi connectivity index (χ4v) is 4.05. The topological polar surface area (TPSA) is 115 Å². The van der Waals surface area contributed by atoms with E-state index in [4.69, 9.17) is 21.1 Å². The van der Waals surface area contributed by atoms with Gasteiger partial charge < -0.3 is 24.3 Å². The van der Waals surface area contributed by atoms with Gasteiger partial charge >= 0.3 is 6.09 Å². The van der Waals surface area contributed by atoms with Crippen molar-refractivity contribution in [3.63, 3.8) is 0 Å². The average molecular weight is 506 g/mol. The maximum atomic E-state index is 12.2. The number of carbonyl (C=O) groups excluding carboxylic acids is 1. The predicted molar refractivity (Wildman–Crippen MR) is 132 cm³/mol. The molecule has 190 valence electrons. The Morgan fingerprint density at radius 2 is 1.91 bits per heavy atom. The zero-order chi connectivity index (χ0) is 25.2. The van der Waals surface area contributed by atoms with Crippen LogP contribution in [0.4, 0.5) is 16.3 Å². The van der Waals surface area contributed by atoms with Gasteiger partial charge in [-0.2, -0.15) is 9.97 Å². The molecule has 1 aliphatic heterocycles. The van der Waals surface area contributed by atoms with Crippen molar-refractivity contribution in [3.05, 3.63) is 17.8 Å². The summed E-state index contributed by atoms with van der Waals surface area (Å²) in [6, 6.07) is 0. The first-order chi connectivity index (χ1) is 16.6. The SMILES string of the molecule is COc1nn(CCCN2CCN(C(=O)OC(C)(C)C)CC2)cc1Nc1nc(Cl)nc2c1ncn2C. The molecule has 0 aromatic carbocycles. The lowest BCUT2D eigenvalue weighted by molar-refractivity contribution is 0.0143. The van der Waals surface area contributed by atoms with Gasteiger partial charge in [-0.05, 0) is 38.8 Å². The Morgan fingerprint density at radius 1 is 1.17 bits per heavy atom. The normalized spacial score (nSPS) is 15.0. The van der Waals surface area contributed by atoms with Crippen LogP contribution in [0.3, 0.4) is 0 Å². The number of hydrogen-bond donors (Lipinski definition) is 1. The van der Waals surface area contributed by atoms with Crippen molar-refractivity contribution in [2.45, 2.75) is 39.3 Å². The van der Waals surface area contributed by atoms with E-state index in [0.29, 0.717) is 48.2 Å². The molecule has 3 aromatic heterocycles. The second-order valence-electron chi connectivity index (χ2n) is 9.47. The molecular formula is C22H32ClN9O3. The highest BCUT2D eigenvalue weighted by Gasteiger charge is 2.25. The Morgan fingerprint density at radius 3 is 2.60 bits per heavy atom. The van der Waals surface area contributed by atoms with Crippen LogP contribution in [0.25, 0.3) is 11.2 Å². The molecule has 1 N–H and O–H groups in total. The zero-order valence-corrected chi connectivity index (χ0v) is 21.5. The van der Waals surface area contributed by atoms with Crippen molar-refractivity contribution in [1.29, 1.82) is 0 Å². The number of aryl methyl sites for hydroxylation is 2. The summed E-state index contributed by atoms with van der Waals surface area (Å²) in [5.41, 5.74) is 1.43. The van der Waals surface area contributed by atoms with Gasteiger partial charge in [0.15, 0.2) is 17.0 Å². The van der Waals surface area contributed by atoms with Gasteiger partial charge in [-0.15, -0.1) is 5.10 Å². The maximum Gasteiger partial charge on any atom is 0.410 e. The van der Waals surface area contributed by atoms with E-state index in [2.05, 4.69) is 30.3 Å². The van der Waals surface area contributed by atoms with Crippen LogP contribution in [-0.4, -0.2) is 90.6 Å². The van der Waals surface area contributed by atoms with Crippen molar-refractivity contribution >= 4 is 40.4 Å². The number of aromatic nitrogens is 6. The van der Waals surface area contributed by atoms with Crippen LogP contribution >= 0.6 is 11.6 Å². The Balaban J connectivity index is 1.31. The summed E-state index contributed by atoms with van der Waals surface area (Å²) in [6.45, 7) is 10.3. The van der Waals surface area contributed by atoms with Crippen LogP contribution < -0.4 is 10.1 Å². The molecule has 1 amide bonds. The molecule has 0 unspecified atom stereocenters. The molecule has 0 spiro atoms. The first-order valence-electron chi connectivity index (χ1n) is 11.6. The van der Waals surface area contributed by atoms with E-state index in [0.717, 1.165) is 26.1 Å². The highest BCUT2D eigenvalue weighted by atomic mass is 35.5. The molecule has 4 rings (SSSR count). The summed E-state index contributed by atoms with van der Waals surface area (Å²) < 4.78 is 14.5. The van der Waals surface area contributed by atoms with Gasteiger partial charge in [0.05, 0.1) is 19.6 Å². The molecule has 13 heteroatoms. The van der Waals surface area contributed by atoms with Gasteiger partial charge in [0, 0.05) is 46.3 Å². The molecule has 1 aliphatic rings. The maximum absolute atomic E-state index is 12.2. The fraction of sp³-hybridized carbons (Fsp3) is 0.591. The number of rotatable bonds is 7. The third kappa shape index (κ3) is 6.12. The monoisotopic (exact) mass is 505 g/mol. The number of hydrogen-bond acceptors (Lipinski definition) is 9. The molecule has 0 saturated carbocycles. The smallest absolute Gasteiger partial charge is 0.410 e. The summed E-state index contributed by atoms with van der Waals surface area (Å²) >= 11 is 6.11. The van der Waals surface area contributed by atoms with Gasteiger partial charge in [0.2, 0.25) is 5.28 Å². The number of piperazine rings is 1. The van der Waals surface area contributed by atoms with E-state index in [1.54, 1.807) is 22.9 Å². The number of nitrogens with one attached hydrogen (secondary N) is 1. The zero-order valence-electron chi connectivity index (χ0n) is 20.8. The van der Waals surface area contributed by atoms with Crippen molar-refractivity contribution < 1.29 is 14.3 Å². The fourth-order valence-electron chi connectivity index (χ4n) is 3.89. The number of carbonyl (C=O) groups is 1. The number of halogens is 1. The van der Waals surface area contributed by atoms with E-state index < -0.39 is 5.60 Å². The molecule has 35 heavy (non-hydrogen) atoms. The van der Waals surface area contributed by atoms with Crippen LogP contribution in [0.2, 0.25) is 5.28 Å². The number of methoxy groups -OCH3 is 1. The molecule has 0 aliphatic carbocycles. The minimum absolute atomic E-state index is 0.127. The summed E-state index contributed by atoms with van der Waals surface area (Å²) in [7, 11) is 3.42. The number of nitrogens with zero attached hydrogens (tertiary/aromatic N) is 8. The molecule has 0 bridgehead atoms. The molecule has 1 saturated heterocycles. The van der Waals surface area contributed by atoms with E-state index in [9.17, 15) is 4.79 Å². The highest BCUT2D eigenvalue weighted by Crippen LogP contribution is 2.29. The number of imidazole rings is 1. The summed E-state index contributed by atoms with van der Waals surface area (Å²) in [5.74, 6) is 0.941. The quantitative estimate of drug-likeness (QED) is 0.484. The first-order valence-corrected chi connectivity index (χ1v) is 11.9. The number of fused-ring (bicyclic) bond motifs is 1. The van der Waals surface area contributed by atoms with Gasteiger partial charge in [-0.3, -0.25) is 9.58 Å². The first kappa shape index (κ1) is 25.0. The Bertz CT molecular complexity index is 1180. The van der Waals surface area contributed by atoms with E-state index in [-0.39, 0.29) is 11.4 Å². The van der Waals surface area contributed by atoms with Crippen LogP contribution in [0, 0.1) is 0 Å². The molecule has 4 heterocycles. The van der Waals surface area contributed by atoms with Gasteiger partial charge in [0.1, 0.15) is 11.3 Å². The van der Waals surface area contributed by atoms with Crippen molar-refractivity contribution in [2.24, 2.45) is 7.05 Å². The van der Waals surface area contributed by atoms with E-state index in [1.165, 1.54) is 0 Å². The Kier molecular flexibility index (Phi) is 7.31. The predicted octanol–water partition coefficient (Wildman–Crippen LogP) is 2.91. The number of anilines is 2. The Hall–Kier alpha value is -3.12. The number of ether oxygens (including phenoxy) is 2. The summed E-state index contributed by atoms with van der Waals surface area (Å²) in [6.07, 6.45) is 4.20. The van der Waals surface area contributed by atoms with Crippen molar-refractivity contribution in [3.8, 4) is 5.88 Å². The lowest BCUT2D eigenvalue weighted by Crippen LogP contribution is -2.50. The minimum Gasteiger partial charge on any atom is -0.478 e. The third-order valence-electron chi connectivity index (χ3n) is 5.59. The van der Waals surface area contributed by atoms with Gasteiger partial charge in [-0.25, -0.2) is 9.78 Å². The number of amides is 1. The lowest BCUT2D eigenvalue weighted by Gasteiger charge is -2.35. The summed E-state index contributed by atoms with van der Waals surface area (Å²) in [4.78, 5) is 29.2. The van der Waals surface area contributed by atoms with Crippen molar-refractivity contribution in [1.82, 2.24) is 39.1 Å². The summed E-state index contributed by atoms with van der Waals surface area (Å²) in [5, 5.41) is 7.89. The molecule has 0 atom stereocenters. The van der Waals surface area contributed by atoms with Crippen LogP contribution in [0.5, 0.6) is 5.88 Å². The average Bonchev–Trinajstić information content (AvgIpc) is 3.36. The molecular weight excluding hydrogens is 474 g/mol. The molecule has 0 radical (unpaired) electrons. The van der Waals surface area contributed by atoms with Crippen LogP contribution in [0.15, 0.2) is 12.5 Å².